The van der Waals surface area contributed by atoms with Gasteiger partial charge in [-0.2, -0.15) is 0 Å². The van der Waals surface area contributed by atoms with Crippen molar-refractivity contribution in [3.05, 3.63) is 35.9 Å². The van der Waals surface area contributed by atoms with Gasteiger partial charge in [0, 0.05) is 13.5 Å². The first kappa shape index (κ1) is 19.0. The van der Waals surface area contributed by atoms with E-state index in [0.717, 1.165) is 25.7 Å². The molecule has 1 aromatic carbocycles. The molecule has 0 spiro atoms. The number of amides is 3. The van der Waals surface area contributed by atoms with Crippen LogP contribution < -0.4 is 16.0 Å². The maximum absolute atomic E-state index is 11.8. The summed E-state index contributed by atoms with van der Waals surface area (Å²) in [6, 6.07) is 10.6. The molecule has 1 saturated carbocycles. The highest BCUT2D eigenvalue weighted by Crippen LogP contribution is 2.35. The number of carbonyl (C=O) groups is 3. The lowest BCUT2D eigenvalue weighted by molar-refractivity contribution is -0.127. The fraction of sp³-hybridized carbons (Fsp3) is 0.526. The van der Waals surface area contributed by atoms with Crippen LogP contribution in [0.1, 0.15) is 44.1 Å². The molecule has 1 fully saturated rings. The van der Waals surface area contributed by atoms with Crippen LogP contribution in [0.4, 0.5) is 0 Å². The van der Waals surface area contributed by atoms with Crippen LogP contribution in [0, 0.1) is 5.92 Å². The minimum Gasteiger partial charge on any atom is -0.354 e. The molecule has 0 radical (unpaired) electrons. The summed E-state index contributed by atoms with van der Waals surface area (Å²) < 4.78 is 0. The van der Waals surface area contributed by atoms with Gasteiger partial charge in [0.15, 0.2) is 0 Å². The van der Waals surface area contributed by atoms with Gasteiger partial charge < -0.3 is 16.0 Å². The van der Waals surface area contributed by atoms with Crippen LogP contribution in [0.5, 0.6) is 0 Å². The molecule has 3 N–H and O–H groups in total. The van der Waals surface area contributed by atoms with E-state index in [1.54, 1.807) is 0 Å². The lowest BCUT2D eigenvalue weighted by Crippen LogP contribution is -2.42. The molecule has 0 unspecified atom stereocenters. The first-order valence-electron chi connectivity index (χ1n) is 8.87. The second kappa shape index (κ2) is 9.81. The maximum atomic E-state index is 11.8. The Hall–Kier alpha value is -2.37. The lowest BCUT2D eigenvalue weighted by Gasteiger charge is -2.29. The van der Waals surface area contributed by atoms with Crippen LogP contribution in [0.2, 0.25) is 0 Å². The SMILES string of the molecule is CC(=O)NCC(=O)NCC(=O)NCC1CCC(c2ccccc2)CC1. The fourth-order valence-electron chi connectivity index (χ4n) is 3.19. The monoisotopic (exact) mass is 345 g/mol. The average molecular weight is 345 g/mol. The molecule has 25 heavy (non-hydrogen) atoms. The van der Waals surface area contributed by atoms with Gasteiger partial charge in [0.2, 0.25) is 17.7 Å². The number of benzene rings is 1. The molecular formula is C19H27N3O3. The van der Waals surface area contributed by atoms with E-state index in [-0.39, 0.29) is 30.8 Å². The summed E-state index contributed by atoms with van der Waals surface area (Å²) in [5.41, 5.74) is 1.41. The predicted octanol–water partition coefficient (Wildman–Crippen LogP) is 1.33. The van der Waals surface area contributed by atoms with Crippen LogP contribution >= 0.6 is 0 Å². The summed E-state index contributed by atoms with van der Waals surface area (Å²) in [5.74, 6) is 0.293. The highest BCUT2D eigenvalue weighted by Gasteiger charge is 2.22. The highest BCUT2D eigenvalue weighted by molar-refractivity contribution is 5.87. The van der Waals surface area contributed by atoms with Crippen molar-refractivity contribution in [1.82, 2.24) is 16.0 Å². The topological polar surface area (TPSA) is 87.3 Å². The molecule has 1 aromatic rings. The lowest BCUT2D eigenvalue weighted by atomic mass is 9.79. The number of hydrogen-bond donors (Lipinski definition) is 3. The van der Waals surface area contributed by atoms with Crippen molar-refractivity contribution < 1.29 is 14.4 Å². The quantitative estimate of drug-likeness (QED) is 0.697. The van der Waals surface area contributed by atoms with E-state index < -0.39 is 0 Å². The van der Waals surface area contributed by atoms with Crippen LogP contribution in [-0.2, 0) is 14.4 Å². The normalized spacial score (nSPS) is 19.7. The number of carbonyl (C=O) groups excluding carboxylic acids is 3. The highest BCUT2D eigenvalue weighted by atomic mass is 16.2. The largest absolute Gasteiger partial charge is 0.354 e. The Kier molecular flexibility index (Phi) is 7.44. The third-order valence-electron chi connectivity index (χ3n) is 4.65. The number of hydrogen-bond acceptors (Lipinski definition) is 3. The standard InChI is InChI=1S/C19H27N3O3/c1-14(23)20-12-18(24)22-13-19(25)21-11-15-7-9-17(10-8-15)16-5-3-2-4-6-16/h2-6,15,17H,7-13H2,1H3,(H,20,23)(H,21,25)(H,22,24). The zero-order valence-electron chi connectivity index (χ0n) is 14.7. The summed E-state index contributed by atoms with van der Waals surface area (Å²) in [6.07, 6.45) is 4.51. The van der Waals surface area contributed by atoms with Gasteiger partial charge in [0.1, 0.15) is 0 Å². The van der Waals surface area contributed by atoms with E-state index in [9.17, 15) is 14.4 Å². The van der Waals surface area contributed by atoms with Gasteiger partial charge in [-0.3, -0.25) is 14.4 Å². The summed E-state index contributed by atoms with van der Waals surface area (Å²) >= 11 is 0. The van der Waals surface area contributed by atoms with E-state index in [1.165, 1.54) is 12.5 Å². The van der Waals surface area contributed by atoms with E-state index >= 15 is 0 Å². The van der Waals surface area contributed by atoms with Gasteiger partial charge in [-0.25, -0.2) is 0 Å². The van der Waals surface area contributed by atoms with Gasteiger partial charge in [-0.05, 0) is 43.1 Å². The van der Waals surface area contributed by atoms with Crippen molar-refractivity contribution in [1.29, 1.82) is 0 Å². The minimum absolute atomic E-state index is 0.0578. The predicted molar refractivity (Wildman–Crippen MR) is 95.8 cm³/mol. The van der Waals surface area contributed by atoms with E-state index in [1.807, 2.05) is 6.07 Å². The van der Waals surface area contributed by atoms with E-state index in [0.29, 0.717) is 18.4 Å². The molecule has 0 aliphatic heterocycles. The van der Waals surface area contributed by atoms with Gasteiger partial charge >= 0.3 is 0 Å². The Morgan fingerprint density at radius 1 is 0.880 bits per heavy atom. The van der Waals surface area contributed by atoms with Gasteiger partial charge in [0.25, 0.3) is 0 Å². The van der Waals surface area contributed by atoms with Crippen LogP contribution in [0.3, 0.4) is 0 Å². The Morgan fingerprint density at radius 2 is 1.48 bits per heavy atom. The summed E-state index contributed by atoms with van der Waals surface area (Å²) in [7, 11) is 0. The minimum atomic E-state index is -0.367. The molecule has 0 bridgehead atoms. The van der Waals surface area contributed by atoms with Crippen molar-refractivity contribution in [3.63, 3.8) is 0 Å². The van der Waals surface area contributed by atoms with Crippen molar-refractivity contribution in [2.45, 2.75) is 38.5 Å². The van der Waals surface area contributed by atoms with Crippen LogP contribution in [0.15, 0.2) is 30.3 Å². The summed E-state index contributed by atoms with van der Waals surface area (Å²) in [4.78, 5) is 33.9. The molecule has 6 nitrogen and oxygen atoms in total. The molecule has 0 saturated heterocycles. The van der Waals surface area contributed by atoms with Crippen molar-refractivity contribution in [3.8, 4) is 0 Å². The molecule has 2 rings (SSSR count). The van der Waals surface area contributed by atoms with Crippen LogP contribution in [-0.4, -0.2) is 37.4 Å². The average Bonchev–Trinajstić information content (AvgIpc) is 2.64. The number of rotatable bonds is 7. The summed E-state index contributed by atoms with van der Waals surface area (Å²) in [6.45, 7) is 1.83. The van der Waals surface area contributed by atoms with Crippen molar-refractivity contribution in [2.75, 3.05) is 19.6 Å². The molecule has 136 valence electrons. The smallest absolute Gasteiger partial charge is 0.239 e. The van der Waals surface area contributed by atoms with Crippen molar-refractivity contribution >= 4 is 17.7 Å². The first-order chi connectivity index (χ1) is 12.0. The Bertz CT molecular complexity index is 581. The molecule has 1 aliphatic carbocycles. The second-order valence-corrected chi connectivity index (χ2v) is 6.62. The zero-order chi connectivity index (χ0) is 18.1. The molecule has 6 heteroatoms. The number of nitrogens with one attached hydrogen (secondary N) is 3. The van der Waals surface area contributed by atoms with Gasteiger partial charge in [0.05, 0.1) is 13.1 Å². The Labute approximate surface area is 148 Å². The second-order valence-electron chi connectivity index (χ2n) is 6.62. The first-order valence-corrected chi connectivity index (χ1v) is 8.87. The Balaban J connectivity index is 1.60. The molecule has 1 aliphatic rings. The summed E-state index contributed by atoms with van der Waals surface area (Å²) in [5, 5.41) is 7.76. The molecule has 0 atom stereocenters. The fourth-order valence-corrected chi connectivity index (χ4v) is 3.19. The third-order valence-corrected chi connectivity index (χ3v) is 4.65. The molecule has 3 amide bonds. The Morgan fingerprint density at radius 3 is 2.12 bits per heavy atom. The molecule has 0 aromatic heterocycles. The van der Waals surface area contributed by atoms with E-state index in [4.69, 9.17) is 0 Å². The molecular weight excluding hydrogens is 318 g/mol. The molecule has 0 heterocycles. The van der Waals surface area contributed by atoms with Gasteiger partial charge in [-0.15, -0.1) is 0 Å². The third kappa shape index (κ3) is 6.95. The van der Waals surface area contributed by atoms with E-state index in [2.05, 4.69) is 40.2 Å². The van der Waals surface area contributed by atoms with Crippen LogP contribution in [0.25, 0.3) is 0 Å². The van der Waals surface area contributed by atoms with Gasteiger partial charge in [-0.1, -0.05) is 30.3 Å². The maximum Gasteiger partial charge on any atom is 0.239 e. The zero-order valence-corrected chi connectivity index (χ0v) is 14.7. The van der Waals surface area contributed by atoms with Crippen molar-refractivity contribution in [2.24, 2.45) is 5.92 Å².